The van der Waals surface area contributed by atoms with E-state index < -0.39 is 11.7 Å². The van der Waals surface area contributed by atoms with Crippen LogP contribution < -0.4 is 10.6 Å². The predicted octanol–water partition coefficient (Wildman–Crippen LogP) is 5.43. The first-order valence-electron chi connectivity index (χ1n) is 9.68. The summed E-state index contributed by atoms with van der Waals surface area (Å²) < 4.78 is 13.8. The molecule has 1 aliphatic rings. The Morgan fingerprint density at radius 1 is 1.41 bits per heavy atom. The summed E-state index contributed by atoms with van der Waals surface area (Å²) in [5.74, 6) is -0.655. The average Bonchev–Trinajstić information content (AvgIpc) is 3.03. The Kier molecular flexibility index (Phi) is 6.35. The van der Waals surface area contributed by atoms with Gasteiger partial charge >= 0.3 is 0 Å². The van der Waals surface area contributed by atoms with Gasteiger partial charge in [-0.3, -0.25) is 10.1 Å². The van der Waals surface area contributed by atoms with Crippen LogP contribution in [0.5, 0.6) is 0 Å². The molecule has 0 radical (unpaired) electrons. The van der Waals surface area contributed by atoms with Crippen molar-refractivity contribution in [2.75, 3.05) is 5.32 Å². The van der Waals surface area contributed by atoms with Crippen molar-refractivity contribution in [3.63, 3.8) is 0 Å². The van der Waals surface area contributed by atoms with Gasteiger partial charge in [-0.1, -0.05) is 39.3 Å². The molecular formula is C22H24FN3OS2. The lowest BCUT2D eigenvalue weighted by atomic mass is 9.69. The standard InChI is InChI=1S/C22H24FN3OS2/c1-4-22(2,3)13-9-10-14-16(12-24)20(29-18(14)11-13)26-21(28)25-19(27)15-7-5-6-8-17(15)23/h5-8,13H,4,9-11H2,1-3H3,(H2,25,26,27,28)/t13-/m1/s1. The SMILES string of the molecule is CCC(C)(C)[C@@H]1CCc2c(sc(NC(=S)NC(=O)c3ccccc3F)c2C#N)C1. The summed E-state index contributed by atoms with van der Waals surface area (Å²) in [6.45, 7) is 6.82. The van der Waals surface area contributed by atoms with Crippen molar-refractivity contribution < 1.29 is 9.18 Å². The molecule has 152 valence electrons. The highest BCUT2D eigenvalue weighted by Crippen LogP contribution is 2.45. The smallest absolute Gasteiger partial charge is 0.260 e. The number of anilines is 1. The van der Waals surface area contributed by atoms with E-state index in [1.807, 2.05) is 0 Å². The zero-order valence-electron chi connectivity index (χ0n) is 16.8. The third-order valence-electron chi connectivity index (χ3n) is 5.97. The number of rotatable bonds is 4. The van der Waals surface area contributed by atoms with E-state index in [9.17, 15) is 14.4 Å². The highest BCUT2D eigenvalue weighted by Gasteiger charge is 2.34. The number of nitrogens with one attached hydrogen (secondary N) is 2. The van der Waals surface area contributed by atoms with Crippen molar-refractivity contribution >= 4 is 39.6 Å². The first kappa shape index (κ1) is 21.4. The number of halogens is 1. The molecule has 1 aromatic carbocycles. The van der Waals surface area contributed by atoms with Gasteiger partial charge in [0.25, 0.3) is 5.91 Å². The number of nitriles is 1. The van der Waals surface area contributed by atoms with Gasteiger partial charge in [0.1, 0.15) is 16.9 Å². The minimum Gasteiger partial charge on any atom is -0.323 e. The number of fused-ring (bicyclic) bond motifs is 1. The second-order valence-electron chi connectivity index (χ2n) is 7.99. The van der Waals surface area contributed by atoms with Crippen molar-refractivity contribution in [1.82, 2.24) is 5.32 Å². The first-order chi connectivity index (χ1) is 13.8. The molecule has 0 spiro atoms. The average molecular weight is 430 g/mol. The van der Waals surface area contributed by atoms with E-state index >= 15 is 0 Å². The molecule has 1 atom stereocenters. The van der Waals surface area contributed by atoms with Crippen molar-refractivity contribution in [3.05, 3.63) is 51.7 Å². The first-order valence-corrected chi connectivity index (χ1v) is 10.9. The third kappa shape index (κ3) is 4.49. The van der Waals surface area contributed by atoms with E-state index in [0.717, 1.165) is 31.2 Å². The van der Waals surface area contributed by atoms with E-state index in [2.05, 4.69) is 37.5 Å². The summed E-state index contributed by atoms with van der Waals surface area (Å²) in [5.41, 5.74) is 1.87. The quantitative estimate of drug-likeness (QED) is 0.637. The van der Waals surface area contributed by atoms with Gasteiger partial charge in [0.15, 0.2) is 5.11 Å². The molecule has 0 saturated heterocycles. The van der Waals surface area contributed by atoms with Crippen molar-refractivity contribution in [2.24, 2.45) is 11.3 Å². The number of amides is 1. The highest BCUT2D eigenvalue weighted by molar-refractivity contribution is 7.80. The monoisotopic (exact) mass is 429 g/mol. The minimum absolute atomic E-state index is 0.0544. The van der Waals surface area contributed by atoms with E-state index in [1.54, 1.807) is 6.07 Å². The van der Waals surface area contributed by atoms with Gasteiger partial charge in [-0.15, -0.1) is 11.3 Å². The molecule has 0 bridgehead atoms. The summed E-state index contributed by atoms with van der Waals surface area (Å²) >= 11 is 6.76. The van der Waals surface area contributed by atoms with Gasteiger partial charge in [-0.25, -0.2) is 4.39 Å². The van der Waals surface area contributed by atoms with Crippen LogP contribution in [0.3, 0.4) is 0 Å². The minimum atomic E-state index is -0.620. The summed E-state index contributed by atoms with van der Waals surface area (Å²) in [7, 11) is 0. The molecule has 1 aromatic heterocycles. The second-order valence-corrected chi connectivity index (χ2v) is 9.50. The van der Waals surface area contributed by atoms with E-state index in [-0.39, 0.29) is 16.1 Å². The van der Waals surface area contributed by atoms with Crippen molar-refractivity contribution in [3.8, 4) is 6.07 Å². The molecule has 2 aromatic rings. The lowest BCUT2D eigenvalue weighted by molar-refractivity contribution is 0.0974. The Balaban J connectivity index is 1.75. The zero-order chi connectivity index (χ0) is 21.2. The van der Waals surface area contributed by atoms with Crippen LogP contribution in [0.15, 0.2) is 24.3 Å². The molecule has 1 aliphatic carbocycles. The normalized spacial score (nSPS) is 15.9. The number of hydrogen-bond acceptors (Lipinski definition) is 4. The molecule has 4 nitrogen and oxygen atoms in total. The molecule has 1 heterocycles. The summed E-state index contributed by atoms with van der Waals surface area (Å²) in [4.78, 5) is 13.5. The van der Waals surface area contributed by atoms with Gasteiger partial charge in [-0.2, -0.15) is 5.26 Å². The molecule has 29 heavy (non-hydrogen) atoms. The number of hydrogen-bond donors (Lipinski definition) is 2. The fourth-order valence-corrected chi connectivity index (χ4v) is 5.24. The van der Waals surface area contributed by atoms with Crippen LogP contribution >= 0.6 is 23.6 Å². The number of carbonyl (C=O) groups is 1. The molecule has 1 amide bonds. The van der Waals surface area contributed by atoms with Crippen LogP contribution in [0, 0.1) is 28.5 Å². The predicted molar refractivity (Wildman–Crippen MR) is 119 cm³/mol. The largest absolute Gasteiger partial charge is 0.323 e. The highest BCUT2D eigenvalue weighted by atomic mass is 32.1. The molecular weight excluding hydrogens is 405 g/mol. The van der Waals surface area contributed by atoms with Gasteiger partial charge < -0.3 is 5.32 Å². The van der Waals surface area contributed by atoms with Gasteiger partial charge in [-0.05, 0) is 60.5 Å². The van der Waals surface area contributed by atoms with E-state index in [1.165, 1.54) is 34.4 Å². The fraction of sp³-hybridized carbons (Fsp3) is 0.409. The van der Waals surface area contributed by atoms with E-state index in [4.69, 9.17) is 12.2 Å². The molecule has 0 aliphatic heterocycles. The number of benzene rings is 1. The molecule has 0 fully saturated rings. The van der Waals surface area contributed by atoms with Crippen molar-refractivity contribution in [1.29, 1.82) is 5.26 Å². The number of nitrogens with zero attached hydrogens (tertiary/aromatic N) is 1. The summed E-state index contributed by atoms with van der Waals surface area (Å²) in [5, 5.41) is 15.9. The summed E-state index contributed by atoms with van der Waals surface area (Å²) in [6, 6.07) is 8.01. The van der Waals surface area contributed by atoms with Crippen LogP contribution in [-0.2, 0) is 12.8 Å². The van der Waals surface area contributed by atoms with Crippen LogP contribution in [-0.4, -0.2) is 11.0 Å². The maximum Gasteiger partial charge on any atom is 0.260 e. The van der Waals surface area contributed by atoms with Gasteiger partial charge in [0.2, 0.25) is 0 Å². The van der Waals surface area contributed by atoms with Crippen LogP contribution in [0.4, 0.5) is 9.39 Å². The maximum atomic E-state index is 13.8. The fourth-order valence-electron chi connectivity index (χ4n) is 3.70. The Bertz CT molecular complexity index is 990. The van der Waals surface area contributed by atoms with Gasteiger partial charge in [0, 0.05) is 4.88 Å². The third-order valence-corrected chi connectivity index (χ3v) is 7.34. The lowest BCUT2D eigenvalue weighted by Crippen LogP contribution is -2.34. The Morgan fingerprint density at radius 2 is 2.14 bits per heavy atom. The molecule has 2 N–H and O–H groups in total. The molecule has 7 heteroatoms. The number of thiocarbonyl (C=S) groups is 1. The van der Waals surface area contributed by atoms with Gasteiger partial charge in [0.05, 0.1) is 11.1 Å². The van der Waals surface area contributed by atoms with Crippen LogP contribution in [0.2, 0.25) is 0 Å². The molecule has 0 unspecified atom stereocenters. The lowest BCUT2D eigenvalue weighted by Gasteiger charge is -2.36. The Labute approximate surface area is 180 Å². The summed E-state index contributed by atoms with van der Waals surface area (Å²) in [6.07, 6.45) is 4.00. The maximum absolute atomic E-state index is 13.8. The number of thiophene rings is 1. The second kappa shape index (κ2) is 8.60. The van der Waals surface area contributed by atoms with E-state index in [0.29, 0.717) is 16.5 Å². The van der Waals surface area contributed by atoms with Crippen LogP contribution in [0.1, 0.15) is 60.0 Å². The van der Waals surface area contributed by atoms with Crippen LogP contribution in [0.25, 0.3) is 0 Å². The number of carbonyl (C=O) groups excluding carboxylic acids is 1. The molecule has 3 rings (SSSR count). The zero-order valence-corrected chi connectivity index (χ0v) is 18.4. The topological polar surface area (TPSA) is 64.9 Å². The van der Waals surface area contributed by atoms with Crippen molar-refractivity contribution in [2.45, 2.75) is 46.5 Å². The Hall–Kier alpha value is -2.30. The molecule has 0 saturated carbocycles. The Morgan fingerprint density at radius 3 is 2.79 bits per heavy atom.